The molecule has 17 nitrogen and oxygen atoms in total. The van der Waals surface area contributed by atoms with Crippen LogP contribution in [0.1, 0.15) is 323 Å². The first-order valence-corrected chi connectivity index (χ1v) is 41.5. The zero-order chi connectivity index (χ0) is 71.8. The van der Waals surface area contributed by atoms with Crippen molar-refractivity contribution < 1.29 is 80.2 Å². The number of rotatable bonds is 72. The molecular weight excluding hydrogens is 1280 g/mol. The SMILES string of the molecule is CC/C=C\C/C=C\C/C=C\C/C=C\CCCCC(=O)OC(COC(=O)CCCCCCCCC/C=C\C/C=C\C/C=C\CC)COP(=O)(O)OCC(O)COP(=O)(O)OCC(COC(=O)CCCCCCCCCCCCCCCCC)OC(=O)CCCCCCC/C=C\CCCC. The monoisotopic (exact) mass is 1420 g/mol. The molecule has 0 aliphatic carbocycles. The fourth-order valence-electron chi connectivity index (χ4n) is 10.2. The molecule has 0 saturated heterocycles. The number of allylic oxidation sites excluding steroid dienone is 16. The van der Waals surface area contributed by atoms with E-state index >= 15 is 0 Å². The van der Waals surface area contributed by atoms with Crippen LogP contribution in [0.25, 0.3) is 0 Å². The summed E-state index contributed by atoms with van der Waals surface area (Å²) in [5.74, 6) is -2.23. The highest BCUT2D eigenvalue weighted by Gasteiger charge is 2.30. The molecule has 0 bridgehead atoms. The van der Waals surface area contributed by atoms with E-state index in [9.17, 15) is 43.2 Å². The number of hydrogen-bond acceptors (Lipinski definition) is 15. The number of carbonyl (C=O) groups is 4. The summed E-state index contributed by atoms with van der Waals surface area (Å²) in [6.45, 7) is 4.57. The minimum atomic E-state index is -4.99. The molecule has 0 rings (SSSR count). The van der Waals surface area contributed by atoms with Gasteiger partial charge < -0.3 is 33.8 Å². The molecule has 3 N–H and O–H groups in total. The molecule has 0 saturated carbocycles. The molecule has 5 unspecified atom stereocenters. The van der Waals surface area contributed by atoms with Crippen molar-refractivity contribution in [2.75, 3.05) is 39.6 Å². The number of phosphoric acid groups is 2. The Labute approximate surface area is 595 Å². The van der Waals surface area contributed by atoms with Crippen molar-refractivity contribution in [2.24, 2.45) is 0 Å². The molecule has 0 spiro atoms. The van der Waals surface area contributed by atoms with Crippen molar-refractivity contribution in [3.63, 3.8) is 0 Å². The molecule has 0 fully saturated rings. The van der Waals surface area contributed by atoms with Crippen LogP contribution in [0.5, 0.6) is 0 Å². The number of ether oxygens (including phenoxy) is 4. The summed E-state index contributed by atoms with van der Waals surface area (Å²) in [6.07, 6.45) is 74.0. The van der Waals surface area contributed by atoms with Crippen molar-refractivity contribution in [1.82, 2.24) is 0 Å². The summed E-state index contributed by atoms with van der Waals surface area (Å²) < 4.78 is 68.4. The second kappa shape index (κ2) is 71.4. The average Bonchev–Trinajstić information content (AvgIpc) is 0.980. The number of carbonyl (C=O) groups excluding carboxylic acids is 4. The summed E-state index contributed by atoms with van der Waals surface area (Å²) >= 11 is 0. The van der Waals surface area contributed by atoms with Gasteiger partial charge in [0.25, 0.3) is 0 Å². The molecule has 0 radical (unpaired) electrons. The smallest absolute Gasteiger partial charge is 0.462 e. The number of unbranched alkanes of at least 4 members (excludes halogenated alkanes) is 30. The van der Waals surface area contributed by atoms with Gasteiger partial charge in [-0.25, -0.2) is 9.13 Å². The second-order valence-corrected chi connectivity index (χ2v) is 28.4. The van der Waals surface area contributed by atoms with Gasteiger partial charge in [0, 0.05) is 25.7 Å². The molecule has 5 atom stereocenters. The van der Waals surface area contributed by atoms with E-state index < -0.39 is 97.5 Å². The predicted octanol–water partition coefficient (Wildman–Crippen LogP) is 22.0. The number of aliphatic hydroxyl groups excluding tert-OH is 1. The fraction of sp³-hybridized carbons (Fsp3) is 0.747. The lowest BCUT2D eigenvalue weighted by Gasteiger charge is -2.21. The van der Waals surface area contributed by atoms with Crippen LogP contribution >= 0.6 is 15.6 Å². The van der Waals surface area contributed by atoms with E-state index in [1.54, 1.807) is 0 Å². The largest absolute Gasteiger partial charge is 0.472 e. The van der Waals surface area contributed by atoms with Gasteiger partial charge in [-0.05, 0) is 116 Å². The van der Waals surface area contributed by atoms with Crippen LogP contribution in [0.2, 0.25) is 0 Å². The Balaban J connectivity index is 5.35. The van der Waals surface area contributed by atoms with Gasteiger partial charge in [-0.3, -0.25) is 37.3 Å². The van der Waals surface area contributed by atoms with E-state index in [-0.39, 0.29) is 25.7 Å². The fourth-order valence-corrected chi connectivity index (χ4v) is 11.8. The first-order chi connectivity index (χ1) is 47.7. The third-order valence-electron chi connectivity index (χ3n) is 16.0. The first-order valence-electron chi connectivity index (χ1n) is 38.5. The van der Waals surface area contributed by atoms with Gasteiger partial charge in [-0.15, -0.1) is 0 Å². The van der Waals surface area contributed by atoms with Crippen molar-refractivity contribution >= 4 is 39.5 Å². The molecule has 0 aliphatic heterocycles. The Morgan fingerprint density at radius 3 is 0.878 bits per heavy atom. The molecule has 0 aromatic carbocycles. The summed E-state index contributed by atoms with van der Waals surface area (Å²) in [6, 6.07) is 0. The number of aliphatic hydroxyl groups is 1. The maximum atomic E-state index is 13.1. The van der Waals surface area contributed by atoms with E-state index in [4.69, 9.17) is 37.0 Å². The Morgan fingerprint density at radius 1 is 0.296 bits per heavy atom. The van der Waals surface area contributed by atoms with E-state index in [0.717, 1.165) is 154 Å². The minimum Gasteiger partial charge on any atom is -0.462 e. The van der Waals surface area contributed by atoms with Crippen LogP contribution in [0.4, 0.5) is 0 Å². The van der Waals surface area contributed by atoms with Crippen molar-refractivity contribution in [1.29, 1.82) is 0 Å². The average molecular weight is 1420 g/mol. The van der Waals surface area contributed by atoms with Crippen molar-refractivity contribution in [3.05, 3.63) is 97.2 Å². The Bertz CT molecular complexity index is 2240. The molecule has 0 aromatic rings. The van der Waals surface area contributed by atoms with Gasteiger partial charge >= 0.3 is 39.5 Å². The highest BCUT2D eigenvalue weighted by molar-refractivity contribution is 7.47. The van der Waals surface area contributed by atoms with Gasteiger partial charge in [0.1, 0.15) is 19.3 Å². The summed E-state index contributed by atoms with van der Waals surface area (Å²) in [4.78, 5) is 72.8. The van der Waals surface area contributed by atoms with Gasteiger partial charge in [-0.1, -0.05) is 279 Å². The molecule has 98 heavy (non-hydrogen) atoms. The Hall–Kier alpha value is -4.02. The van der Waals surface area contributed by atoms with E-state index in [1.807, 2.05) is 0 Å². The lowest BCUT2D eigenvalue weighted by Crippen LogP contribution is -2.30. The lowest BCUT2D eigenvalue weighted by atomic mass is 10.0. The van der Waals surface area contributed by atoms with E-state index in [2.05, 4.69) is 125 Å². The topological polar surface area (TPSA) is 237 Å². The third-order valence-corrected chi connectivity index (χ3v) is 17.9. The Morgan fingerprint density at radius 2 is 0.541 bits per heavy atom. The summed E-state index contributed by atoms with van der Waals surface area (Å²) in [7, 11) is -9.96. The highest BCUT2D eigenvalue weighted by atomic mass is 31.2. The van der Waals surface area contributed by atoms with E-state index in [0.29, 0.717) is 32.1 Å². The molecule has 0 aromatic heterocycles. The maximum Gasteiger partial charge on any atom is 0.472 e. The summed E-state index contributed by atoms with van der Waals surface area (Å²) in [5.41, 5.74) is 0. The normalized spacial score (nSPS) is 14.5. The van der Waals surface area contributed by atoms with Gasteiger partial charge in [0.05, 0.1) is 26.4 Å². The number of hydrogen-bond donors (Lipinski definition) is 3. The molecule has 0 heterocycles. The Kier molecular flexibility index (Phi) is 68.4. The van der Waals surface area contributed by atoms with Crippen LogP contribution in [-0.4, -0.2) is 96.7 Å². The lowest BCUT2D eigenvalue weighted by molar-refractivity contribution is -0.161. The maximum absolute atomic E-state index is 13.1. The third kappa shape index (κ3) is 70.4. The highest BCUT2D eigenvalue weighted by Crippen LogP contribution is 2.45. The first kappa shape index (κ1) is 94.0. The molecule has 0 aliphatic rings. The summed E-state index contributed by atoms with van der Waals surface area (Å²) in [5, 5.41) is 10.6. The van der Waals surface area contributed by atoms with Crippen LogP contribution in [-0.2, 0) is 65.4 Å². The molecule has 0 amide bonds. The van der Waals surface area contributed by atoms with Crippen LogP contribution in [0.15, 0.2) is 97.2 Å². The van der Waals surface area contributed by atoms with Crippen LogP contribution < -0.4 is 0 Å². The van der Waals surface area contributed by atoms with E-state index in [1.165, 1.54) is 83.5 Å². The van der Waals surface area contributed by atoms with Crippen molar-refractivity contribution in [3.8, 4) is 0 Å². The standard InChI is InChI=1S/C79H138O17P2/c1-5-9-13-17-21-25-29-32-35-36-39-41-45-48-52-56-60-64-77(82)90-70-75(96-79(84)66-62-58-54-50-46-42-38-34-31-27-23-19-15-11-7-3)72-94-98(87,88)92-68-73(80)67-91-97(85,86)93-71-74(95-78(83)65-61-57-53-49-43-28-24-20-16-12-8-4)69-89-76(81)63-59-55-51-47-44-40-37-33-30-26-22-18-14-10-6-2/h9,11,13,15,20-21,23-25,27,32,34-35,38,46,50,73-75,80H,5-8,10,12,14,16-19,22,26,28-31,33,36-37,39-45,47-49,51-72H2,1-4H3,(H,85,86)(H,87,88)/b13-9-,15-11-,24-20-,25-21-,27-23-,35-32-,38-34-,50-46-. The molecule has 566 valence electrons. The second-order valence-electron chi connectivity index (χ2n) is 25.5. The molecular formula is C79H138O17P2. The van der Waals surface area contributed by atoms with Crippen LogP contribution in [0.3, 0.4) is 0 Å². The minimum absolute atomic E-state index is 0.0402. The number of esters is 4. The van der Waals surface area contributed by atoms with Gasteiger partial charge in [0.2, 0.25) is 0 Å². The van der Waals surface area contributed by atoms with Gasteiger partial charge in [-0.2, -0.15) is 0 Å². The van der Waals surface area contributed by atoms with Crippen molar-refractivity contribution in [2.45, 2.75) is 341 Å². The quantitative estimate of drug-likeness (QED) is 0.0169. The van der Waals surface area contributed by atoms with Gasteiger partial charge in [0.15, 0.2) is 12.2 Å². The zero-order valence-corrected chi connectivity index (χ0v) is 63.5. The zero-order valence-electron chi connectivity index (χ0n) is 61.7. The molecule has 19 heteroatoms. The number of phosphoric ester groups is 2. The predicted molar refractivity (Wildman–Crippen MR) is 399 cm³/mol. The van der Waals surface area contributed by atoms with Crippen LogP contribution in [0, 0.1) is 0 Å².